The smallest absolute Gasteiger partial charge is 0.326 e. The van der Waals surface area contributed by atoms with Crippen molar-refractivity contribution in [1.29, 1.82) is 0 Å². The molecule has 4 N–H and O–H groups in total. The number of hydrogen-bond acceptors (Lipinski definition) is 4. The summed E-state index contributed by atoms with van der Waals surface area (Å²) in [5, 5.41) is 11.3. The van der Waals surface area contributed by atoms with E-state index in [1.165, 1.54) is 0 Å². The molecule has 2 atom stereocenters. The van der Waals surface area contributed by atoms with Gasteiger partial charge in [0.25, 0.3) is 0 Å². The summed E-state index contributed by atoms with van der Waals surface area (Å²) >= 11 is 1.54. The molecule has 0 aliphatic rings. The molecule has 0 aromatic carbocycles. The molecule has 0 fully saturated rings. The summed E-state index contributed by atoms with van der Waals surface area (Å²) in [7, 11) is 0. The molecule has 0 aromatic heterocycles. The van der Waals surface area contributed by atoms with Crippen molar-refractivity contribution in [1.82, 2.24) is 5.32 Å². The van der Waals surface area contributed by atoms with Gasteiger partial charge in [0.2, 0.25) is 5.91 Å². The first-order valence-electron chi connectivity index (χ1n) is 4.80. The molecule has 0 aliphatic carbocycles. The van der Waals surface area contributed by atoms with Gasteiger partial charge in [0.1, 0.15) is 6.04 Å². The third kappa shape index (κ3) is 5.64. The highest BCUT2D eigenvalue weighted by atomic mass is 32.2. The molecule has 0 aliphatic heterocycles. The molecule has 0 saturated heterocycles. The Labute approximate surface area is 93.8 Å². The van der Waals surface area contributed by atoms with Crippen LogP contribution in [0, 0.1) is 0 Å². The number of nitrogens with two attached hydrogens (primary N) is 1. The van der Waals surface area contributed by atoms with Crippen molar-refractivity contribution in [3.63, 3.8) is 0 Å². The Hall–Kier alpha value is -0.750. The first-order valence-corrected chi connectivity index (χ1v) is 6.20. The van der Waals surface area contributed by atoms with Crippen LogP contribution in [0.25, 0.3) is 0 Å². The Bertz CT molecular complexity index is 223. The lowest BCUT2D eigenvalue weighted by Crippen LogP contribution is -2.48. The highest BCUT2D eigenvalue weighted by molar-refractivity contribution is 7.98. The largest absolute Gasteiger partial charge is 0.480 e. The van der Waals surface area contributed by atoms with E-state index in [-0.39, 0.29) is 0 Å². The number of thioether (sulfide) groups is 1. The Morgan fingerprint density at radius 3 is 2.53 bits per heavy atom. The average molecular weight is 234 g/mol. The van der Waals surface area contributed by atoms with Gasteiger partial charge in [-0.2, -0.15) is 11.8 Å². The molecule has 88 valence electrons. The van der Waals surface area contributed by atoms with E-state index in [0.717, 1.165) is 0 Å². The number of carbonyl (C=O) groups excluding carboxylic acids is 1. The number of rotatable bonds is 7. The quantitative estimate of drug-likeness (QED) is 0.578. The number of aliphatic carboxylic acids is 1. The van der Waals surface area contributed by atoms with Crippen LogP contribution in [0.4, 0.5) is 0 Å². The summed E-state index contributed by atoms with van der Waals surface area (Å²) in [5.41, 5.74) is 5.48. The molecular formula is C9H18N2O3S. The second-order valence-corrected chi connectivity index (χ2v) is 4.18. The highest BCUT2D eigenvalue weighted by Crippen LogP contribution is 2.01. The summed E-state index contributed by atoms with van der Waals surface area (Å²) in [6.07, 6.45) is 2.80. The monoisotopic (exact) mass is 234 g/mol. The minimum atomic E-state index is -1.01. The van der Waals surface area contributed by atoms with Gasteiger partial charge in [0.15, 0.2) is 0 Å². The molecule has 5 nitrogen and oxygen atoms in total. The molecule has 0 heterocycles. The molecule has 0 unspecified atom stereocenters. The van der Waals surface area contributed by atoms with Gasteiger partial charge in [-0.1, -0.05) is 6.92 Å². The molecule has 15 heavy (non-hydrogen) atoms. The molecule has 6 heteroatoms. The normalized spacial score (nSPS) is 14.3. The van der Waals surface area contributed by atoms with E-state index in [4.69, 9.17) is 10.8 Å². The third-order valence-corrected chi connectivity index (χ3v) is 2.65. The number of carbonyl (C=O) groups is 2. The van der Waals surface area contributed by atoms with Crippen molar-refractivity contribution in [2.45, 2.75) is 31.8 Å². The zero-order valence-electron chi connectivity index (χ0n) is 9.03. The zero-order chi connectivity index (χ0) is 11.8. The van der Waals surface area contributed by atoms with Gasteiger partial charge in [-0.25, -0.2) is 4.79 Å². The summed E-state index contributed by atoms with van der Waals surface area (Å²) in [6, 6.07) is -1.45. The second kappa shape index (κ2) is 7.53. The first kappa shape index (κ1) is 14.2. The molecule has 0 saturated carbocycles. The van der Waals surface area contributed by atoms with E-state index in [1.807, 2.05) is 6.26 Å². The van der Waals surface area contributed by atoms with Crippen molar-refractivity contribution >= 4 is 23.6 Å². The van der Waals surface area contributed by atoms with Crippen LogP contribution in [0.5, 0.6) is 0 Å². The summed E-state index contributed by atoms with van der Waals surface area (Å²) in [6.45, 7) is 1.78. The fraction of sp³-hybridized carbons (Fsp3) is 0.778. The highest BCUT2D eigenvalue weighted by Gasteiger charge is 2.21. The predicted molar refractivity (Wildman–Crippen MR) is 60.8 cm³/mol. The summed E-state index contributed by atoms with van der Waals surface area (Å²) in [5.74, 6) is -0.717. The van der Waals surface area contributed by atoms with Crippen molar-refractivity contribution in [3.8, 4) is 0 Å². The molecule has 0 rings (SSSR count). The van der Waals surface area contributed by atoms with E-state index in [9.17, 15) is 9.59 Å². The van der Waals surface area contributed by atoms with Crippen LogP contribution in [0.1, 0.15) is 19.8 Å². The van der Waals surface area contributed by atoms with Crippen molar-refractivity contribution < 1.29 is 14.7 Å². The number of hydrogen-bond donors (Lipinski definition) is 3. The zero-order valence-corrected chi connectivity index (χ0v) is 9.84. The van der Waals surface area contributed by atoms with Crippen LogP contribution in [0.15, 0.2) is 0 Å². The van der Waals surface area contributed by atoms with Crippen LogP contribution < -0.4 is 11.1 Å². The van der Waals surface area contributed by atoms with Gasteiger partial charge in [0, 0.05) is 0 Å². The lowest BCUT2D eigenvalue weighted by molar-refractivity contribution is -0.142. The molecule has 0 aromatic rings. The van der Waals surface area contributed by atoms with E-state index >= 15 is 0 Å². The predicted octanol–water partition coefficient (Wildman–Crippen LogP) is 0.0462. The van der Waals surface area contributed by atoms with Crippen LogP contribution in [-0.2, 0) is 9.59 Å². The Morgan fingerprint density at radius 1 is 1.53 bits per heavy atom. The van der Waals surface area contributed by atoms with Crippen LogP contribution in [0.3, 0.4) is 0 Å². The van der Waals surface area contributed by atoms with Crippen molar-refractivity contribution in [2.24, 2.45) is 5.73 Å². The number of amides is 1. The molecule has 1 amide bonds. The standard InChI is InChI=1S/C9H18N2O3S/c1-3-6(10)8(12)11-7(9(13)14)4-5-15-2/h6-7H,3-5,10H2,1-2H3,(H,11,12)(H,13,14)/t6-,7-/m1/s1. The van der Waals surface area contributed by atoms with Crippen LogP contribution in [0.2, 0.25) is 0 Å². The first-order chi connectivity index (χ1) is 7.02. The average Bonchev–Trinajstić information content (AvgIpc) is 2.22. The number of carboxylic acid groups (broad SMARTS) is 1. The maximum atomic E-state index is 11.3. The molecule has 0 spiro atoms. The summed E-state index contributed by atoms with van der Waals surface area (Å²) < 4.78 is 0. The Morgan fingerprint density at radius 2 is 2.13 bits per heavy atom. The Kier molecular flexibility index (Phi) is 7.15. The lowest BCUT2D eigenvalue weighted by atomic mass is 10.2. The third-order valence-electron chi connectivity index (χ3n) is 2.00. The molecular weight excluding hydrogens is 216 g/mol. The maximum absolute atomic E-state index is 11.3. The van der Waals surface area contributed by atoms with Gasteiger partial charge < -0.3 is 16.2 Å². The van der Waals surface area contributed by atoms with Gasteiger partial charge in [-0.3, -0.25) is 4.79 Å². The lowest BCUT2D eigenvalue weighted by Gasteiger charge is -2.16. The van der Waals surface area contributed by atoms with Gasteiger partial charge in [-0.05, 0) is 24.9 Å². The molecule has 0 radical (unpaired) electrons. The molecule has 0 bridgehead atoms. The van der Waals surface area contributed by atoms with Crippen molar-refractivity contribution in [2.75, 3.05) is 12.0 Å². The van der Waals surface area contributed by atoms with E-state index < -0.39 is 24.0 Å². The van der Waals surface area contributed by atoms with E-state index in [0.29, 0.717) is 18.6 Å². The van der Waals surface area contributed by atoms with E-state index in [1.54, 1.807) is 18.7 Å². The fourth-order valence-corrected chi connectivity index (χ4v) is 1.43. The second-order valence-electron chi connectivity index (χ2n) is 3.20. The van der Waals surface area contributed by atoms with Gasteiger partial charge >= 0.3 is 5.97 Å². The van der Waals surface area contributed by atoms with E-state index in [2.05, 4.69) is 5.32 Å². The maximum Gasteiger partial charge on any atom is 0.326 e. The van der Waals surface area contributed by atoms with Crippen LogP contribution in [-0.4, -0.2) is 41.1 Å². The van der Waals surface area contributed by atoms with Crippen molar-refractivity contribution in [3.05, 3.63) is 0 Å². The number of carboxylic acids is 1. The number of nitrogens with one attached hydrogen (secondary N) is 1. The van der Waals surface area contributed by atoms with Gasteiger partial charge in [-0.15, -0.1) is 0 Å². The SMILES string of the molecule is CC[C@@H](N)C(=O)N[C@H](CCSC)C(=O)O. The summed E-state index contributed by atoms with van der Waals surface area (Å²) in [4.78, 5) is 22.1. The van der Waals surface area contributed by atoms with Crippen LogP contribution >= 0.6 is 11.8 Å². The topological polar surface area (TPSA) is 92.4 Å². The Balaban J connectivity index is 4.16. The minimum absolute atomic E-state index is 0.397. The van der Waals surface area contributed by atoms with Gasteiger partial charge in [0.05, 0.1) is 6.04 Å². The minimum Gasteiger partial charge on any atom is -0.480 e. The fourth-order valence-electron chi connectivity index (χ4n) is 0.957.